The smallest absolute Gasteiger partial charge is 0.244 e. The molecular formula is C15H22N2O. The van der Waals surface area contributed by atoms with E-state index in [1.807, 2.05) is 35.2 Å². The number of carbonyl (C=O) groups excluding carboxylic acids is 1. The van der Waals surface area contributed by atoms with Gasteiger partial charge in [0.2, 0.25) is 5.91 Å². The highest BCUT2D eigenvalue weighted by Crippen LogP contribution is 2.25. The zero-order valence-electron chi connectivity index (χ0n) is 11.2. The first-order chi connectivity index (χ1) is 8.61. The van der Waals surface area contributed by atoms with Crippen molar-refractivity contribution in [2.45, 2.75) is 38.8 Å². The number of carbonyl (C=O) groups is 1. The number of benzene rings is 1. The maximum atomic E-state index is 12.5. The molecule has 1 heterocycles. The van der Waals surface area contributed by atoms with E-state index >= 15 is 0 Å². The number of rotatable bonds is 2. The van der Waals surface area contributed by atoms with Gasteiger partial charge in [-0.05, 0) is 31.2 Å². The molecule has 2 N–H and O–H groups in total. The van der Waals surface area contributed by atoms with E-state index < -0.39 is 6.04 Å². The Balaban J connectivity index is 2.11. The van der Waals surface area contributed by atoms with Crippen LogP contribution in [0.2, 0.25) is 0 Å². The van der Waals surface area contributed by atoms with E-state index in [0.29, 0.717) is 12.0 Å². The van der Waals surface area contributed by atoms with E-state index in [2.05, 4.69) is 13.8 Å². The van der Waals surface area contributed by atoms with E-state index in [9.17, 15) is 4.79 Å². The largest absolute Gasteiger partial charge is 0.338 e. The Kier molecular flexibility index (Phi) is 4.02. The summed E-state index contributed by atoms with van der Waals surface area (Å²) < 4.78 is 0. The second-order valence-corrected chi connectivity index (χ2v) is 5.28. The molecule has 2 rings (SSSR count). The van der Waals surface area contributed by atoms with E-state index in [1.54, 1.807) is 0 Å². The van der Waals surface area contributed by atoms with Crippen molar-refractivity contribution in [3.05, 3.63) is 35.9 Å². The van der Waals surface area contributed by atoms with Gasteiger partial charge in [0.1, 0.15) is 6.04 Å². The lowest BCUT2D eigenvalue weighted by Gasteiger charge is -2.39. The van der Waals surface area contributed by atoms with Crippen molar-refractivity contribution in [1.82, 2.24) is 4.90 Å². The number of hydrogen-bond acceptors (Lipinski definition) is 2. The van der Waals surface area contributed by atoms with Gasteiger partial charge < -0.3 is 10.6 Å². The highest BCUT2D eigenvalue weighted by Gasteiger charge is 2.31. The average Bonchev–Trinajstić information content (AvgIpc) is 2.41. The van der Waals surface area contributed by atoms with Gasteiger partial charge in [-0.25, -0.2) is 0 Å². The summed E-state index contributed by atoms with van der Waals surface area (Å²) in [6.07, 6.45) is 2.28. The van der Waals surface area contributed by atoms with Gasteiger partial charge in [-0.15, -0.1) is 0 Å². The number of amides is 1. The molecule has 1 aromatic rings. The molecule has 3 atom stereocenters. The van der Waals surface area contributed by atoms with Crippen LogP contribution in [0.15, 0.2) is 30.3 Å². The maximum Gasteiger partial charge on any atom is 0.244 e. The van der Waals surface area contributed by atoms with Gasteiger partial charge in [0.15, 0.2) is 0 Å². The van der Waals surface area contributed by atoms with Crippen LogP contribution in [0, 0.1) is 5.92 Å². The van der Waals surface area contributed by atoms with Gasteiger partial charge in [0, 0.05) is 12.6 Å². The van der Waals surface area contributed by atoms with Crippen LogP contribution in [0.25, 0.3) is 0 Å². The summed E-state index contributed by atoms with van der Waals surface area (Å²) in [6.45, 7) is 5.17. The number of nitrogens with zero attached hydrogens (tertiary/aromatic N) is 1. The SMILES string of the molecule is CC1CCCN(C(=O)C(N)c2ccccc2)C1C. The van der Waals surface area contributed by atoms with Crippen LogP contribution >= 0.6 is 0 Å². The summed E-state index contributed by atoms with van der Waals surface area (Å²) in [4.78, 5) is 14.4. The Hall–Kier alpha value is -1.35. The van der Waals surface area contributed by atoms with E-state index in [4.69, 9.17) is 5.73 Å². The molecular weight excluding hydrogens is 224 g/mol. The third-order valence-corrected chi connectivity index (χ3v) is 4.08. The Bertz CT molecular complexity index is 404. The molecule has 0 aliphatic carbocycles. The summed E-state index contributed by atoms with van der Waals surface area (Å²) in [5.74, 6) is 0.617. The number of nitrogens with two attached hydrogens (primary N) is 1. The molecule has 3 heteroatoms. The summed E-state index contributed by atoms with van der Waals surface area (Å²) in [7, 11) is 0. The fourth-order valence-electron chi connectivity index (χ4n) is 2.63. The number of piperidine rings is 1. The van der Waals surface area contributed by atoms with Gasteiger partial charge in [-0.1, -0.05) is 37.3 Å². The molecule has 0 radical (unpaired) electrons. The lowest BCUT2D eigenvalue weighted by Crippen LogP contribution is -2.49. The molecule has 1 aliphatic heterocycles. The first-order valence-electron chi connectivity index (χ1n) is 6.72. The summed E-state index contributed by atoms with van der Waals surface area (Å²) in [5.41, 5.74) is 6.98. The molecule has 0 aromatic heterocycles. The van der Waals surface area contributed by atoms with Crippen LogP contribution in [0.5, 0.6) is 0 Å². The van der Waals surface area contributed by atoms with Crippen molar-refractivity contribution in [3.63, 3.8) is 0 Å². The Labute approximate surface area is 109 Å². The Morgan fingerprint density at radius 1 is 1.33 bits per heavy atom. The average molecular weight is 246 g/mol. The van der Waals surface area contributed by atoms with Crippen LogP contribution in [-0.2, 0) is 4.79 Å². The summed E-state index contributed by atoms with van der Waals surface area (Å²) in [5, 5.41) is 0. The fourth-order valence-corrected chi connectivity index (χ4v) is 2.63. The topological polar surface area (TPSA) is 46.3 Å². The van der Waals surface area contributed by atoms with E-state index in [0.717, 1.165) is 18.5 Å². The molecule has 1 fully saturated rings. The normalized spacial score (nSPS) is 25.8. The van der Waals surface area contributed by atoms with Crippen molar-refractivity contribution >= 4 is 5.91 Å². The van der Waals surface area contributed by atoms with Crippen molar-refractivity contribution < 1.29 is 4.79 Å². The zero-order valence-corrected chi connectivity index (χ0v) is 11.2. The molecule has 0 spiro atoms. The van der Waals surface area contributed by atoms with E-state index in [1.165, 1.54) is 6.42 Å². The Morgan fingerprint density at radius 2 is 2.00 bits per heavy atom. The molecule has 3 unspecified atom stereocenters. The highest BCUT2D eigenvalue weighted by molar-refractivity contribution is 5.83. The summed E-state index contributed by atoms with van der Waals surface area (Å²) >= 11 is 0. The second kappa shape index (κ2) is 5.53. The lowest BCUT2D eigenvalue weighted by molar-refractivity contribution is -0.137. The minimum atomic E-state index is -0.529. The minimum absolute atomic E-state index is 0.0558. The van der Waals surface area contributed by atoms with Crippen molar-refractivity contribution in [2.75, 3.05) is 6.54 Å². The lowest BCUT2D eigenvalue weighted by atomic mass is 9.91. The zero-order chi connectivity index (χ0) is 13.1. The molecule has 1 saturated heterocycles. The second-order valence-electron chi connectivity index (χ2n) is 5.28. The minimum Gasteiger partial charge on any atom is -0.338 e. The van der Waals surface area contributed by atoms with Crippen LogP contribution in [-0.4, -0.2) is 23.4 Å². The molecule has 0 bridgehead atoms. The predicted molar refractivity (Wildman–Crippen MR) is 72.9 cm³/mol. The van der Waals surface area contributed by atoms with Crippen LogP contribution in [0.4, 0.5) is 0 Å². The van der Waals surface area contributed by atoms with Crippen molar-refractivity contribution in [3.8, 4) is 0 Å². The number of hydrogen-bond donors (Lipinski definition) is 1. The van der Waals surface area contributed by atoms with Crippen LogP contribution in [0.1, 0.15) is 38.3 Å². The van der Waals surface area contributed by atoms with E-state index in [-0.39, 0.29) is 5.91 Å². The molecule has 1 aliphatic rings. The van der Waals surface area contributed by atoms with Crippen LogP contribution < -0.4 is 5.73 Å². The van der Waals surface area contributed by atoms with Crippen molar-refractivity contribution in [1.29, 1.82) is 0 Å². The van der Waals surface area contributed by atoms with Gasteiger partial charge in [-0.2, -0.15) is 0 Å². The molecule has 0 saturated carbocycles. The molecule has 3 nitrogen and oxygen atoms in total. The van der Waals surface area contributed by atoms with Gasteiger partial charge in [0.05, 0.1) is 0 Å². The van der Waals surface area contributed by atoms with Gasteiger partial charge >= 0.3 is 0 Å². The van der Waals surface area contributed by atoms with Crippen molar-refractivity contribution in [2.24, 2.45) is 11.7 Å². The molecule has 1 aromatic carbocycles. The third-order valence-electron chi connectivity index (χ3n) is 4.08. The van der Waals surface area contributed by atoms with Crippen LogP contribution in [0.3, 0.4) is 0 Å². The molecule has 98 valence electrons. The predicted octanol–water partition coefficient (Wildman–Crippen LogP) is 2.33. The fraction of sp³-hybridized carbons (Fsp3) is 0.533. The Morgan fingerprint density at radius 3 is 2.67 bits per heavy atom. The first kappa shape index (κ1) is 13.1. The monoisotopic (exact) mass is 246 g/mol. The van der Waals surface area contributed by atoms with Gasteiger partial charge in [0.25, 0.3) is 0 Å². The molecule has 1 amide bonds. The highest BCUT2D eigenvalue weighted by atomic mass is 16.2. The summed E-state index contributed by atoms with van der Waals surface area (Å²) in [6, 6.07) is 9.38. The maximum absolute atomic E-state index is 12.5. The quantitative estimate of drug-likeness (QED) is 0.870. The number of likely N-dealkylation sites (tertiary alicyclic amines) is 1. The first-order valence-corrected chi connectivity index (χ1v) is 6.72. The van der Waals surface area contributed by atoms with Gasteiger partial charge in [-0.3, -0.25) is 4.79 Å². The standard InChI is InChI=1S/C15H22N2O/c1-11-7-6-10-17(12(11)2)15(18)14(16)13-8-4-3-5-9-13/h3-5,8-9,11-12,14H,6-7,10,16H2,1-2H3. The third kappa shape index (κ3) is 2.56. The molecule has 18 heavy (non-hydrogen) atoms.